The molecule has 0 aromatic rings. The molecule has 1 nitrogen and oxygen atoms in total. The first-order valence-corrected chi connectivity index (χ1v) is 4.20. The molecule has 0 amide bonds. The topological polar surface area (TPSA) is 9.23 Å². The van der Waals surface area contributed by atoms with E-state index in [4.69, 9.17) is 4.74 Å². The molecule has 1 saturated heterocycles. The number of ether oxygens (including phenoxy) is 1. The van der Waals surface area contributed by atoms with Gasteiger partial charge in [0.05, 0.1) is 0 Å². The van der Waals surface area contributed by atoms with Crippen molar-refractivity contribution >= 4 is 21.7 Å². The molecule has 1 aliphatic rings. The average Bonchev–Trinajstić information content (AvgIpc) is 2.23. The Kier molecular flexibility index (Phi) is 16.0. The fourth-order valence-electron chi connectivity index (χ4n) is 0.510. The zero-order valence-electron chi connectivity index (χ0n) is 5.32. The minimum absolute atomic E-state index is 0. The zero-order valence-corrected chi connectivity index (χ0v) is 7.49. The first kappa shape index (κ1) is 11.8. The Morgan fingerprint density at radius 2 is 1.50 bits per heavy atom. The van der Waals surface area contributed by atoms with E-state index in [1.54, 1.807) is 0 Å². The van der Waals surface area contributed by atoms with Crippen LogP contribution in [0.1, 0.15) is 12.8 Å². The molecular formula is C5H11ClMgO. The Labute approximate surface area is 70.0 Å². The van der Waals surface area contributed by atoms with Gasteiger partial charge in [-0.1, -0.05) is 0 Å². The third-order valence-electron chi connectivity index (χ3n) is 0.827. The van der Waals surface area contributed by atoms with Gasteiger partial charge in [0.1, 0.15) is 0 Å². The molecule has 1 aliphatic heterocycles. The molecule has 0 aromatic heterocycles. The molecule has 0 radical (unpaired) electrons. The van der Waals surface area contributed by atoms with Gasteiger partial charge in [-0.3, -0.25) is 0 Å². The van der Waals surface area contributed by atoms with Crippen LogP contribution in [0.15, 0.2) is 0 Å². The standard InChI is InChI=1S/C4H8O.CH3.ClH.Mg/c1-2-4-5-3-1;;;/h1-4H2;1H3;1H;/q;;;+1/p-1. The van der Waals surface area contributed by atoms with Crippen molar-refractivity contribution in [1.29, 1.82) is 0 Å². The Morgan fingerprint density at radius 3 is 1.62 bits per heavy atom. The van der Waals surface area contributed by atoms with Gasteiger partial charge < -0.3 is 17.1 Å². The van der Waals surface area contributed by atoms with Gasteiger partial charge in [0, 0.05) is 13.2 Å². The third-order valence-corrected chi connectivity index (χ3v) is 0.827. The SMILES string of the molecule is C1CCOC1.[CH3][Mg+].[Cl-]. The van der Waals surface area contributed by atoms with Crippen molar-refractivity contribution in [2.24, 2.45) is 0 Å². The molecule has 0 N–H and O–H groups in total. The van der Waals surface area contributed by atoms with Gasteiger partial charge in [0.15, 0.2) is 0 Å². The van der Waals surface area contributed by atoms with Crippen LogP contribution in [0.25, 0.3) is 0 Å². The number of rotatable bonds is 0. The summed E-state index contributed by atoms with van der Waals surface area (Å²) in [6.45, 7) is 2.00. The van der Waals surface area contributed by atoms with Crippen LogP contribution in [-0.2, 0) is 4.74 Å². The summed E-state index contributed by atoms with van der Waals surface area (Å²) in [5, 5.41) is 2.03. The van der Waals surface area contributed by atoms with Crippen molar-refractivity contribution in [3.8, 4) is 0 Å². The predicted molar refractivity (Wildman–Crippen MR) is 31.7 cm³/mol. The second-order valence-corrected chi connectivity index (χ2v) is 1.32. The molecule has 1 heterocycles. The van der Waals surface area contributed by atoms with Crippen molar-refractivity contribution in [2.45, 2.75) is 17.9 Å². The summed E-state index contributed by atoms with van der Waals surface area (Å²) in [5.41, 5.74) is 0. The summed E-state index contributed by atoms with van der Waals surface area (Å²) in [7, 11) is 0. The van der Waals surface area contributed by atoms with Crippen molar-refractivity contribution < 1.29 is 17.1 Å². The van der Waals surface area contributed by atoms with E-state index in [-0.39, 0.29) is 12.4 Å². The Bertz CT molecular complexity index is 24.0. The molecule has 3 heteroatoms. The van der Waals surface area contributed by atoms with Gasteiger partial charge in [-0.05, 0) is 12.8 Å². The van der Waals surface area contributed by atoms with Gasteiger partial charge >= 0.3 is 26.8 Å². The van der Waals surface area contributed by atoms with Crippen molar-refractivity contribution in [3.63, 3.8) is 0 Å². The van der Waals surface area contributed by atoms with Gasteiger partial charge in [-0.2, -0.15) is 0 Å². The third kappa shape index (κ3) is 7.02. The maximum atomic E-state index is 4.94. The van der Waals surface area contributed by atoms with E-state index >= 15 is 0 Å². The van der Waals surface area contributed by atoms with Crippen molar-refractivity contribution in [2.75, 3.05) is 13.2 Å². The number of hydrogen-bond donors (Lipinski definition) is 0. The molecule has 0 bridgehead atoms. The van der Waals surface area contributed by atoms with Crippen molar-refractivity contribution in [3.05, 3.63) is 0 Å². The Morgan fingerprint density at radius 1 is 1.12 bits per heavy atom. The van der Waals surface area contributed by atoms with Crippen LogP contribution in [0.3, 0.4) is 0 Å². The molecule has 0 saturated carbocycles. The summed E-state index contributed by atoms with van der Waals surface area (Å²) in [6.07, 6.45) is 2.56. The summed E-state index contributed by atoms with van der Waals surface area (Å²) in [5.74, 6) is 0. The molecule has 0 spiro atoms. The monoisotopic (exact) mass is 146 g/mol. The summed E-state index contributed by atoms with van der Waals surface area (Å²) < 4.78 is 4.94. The van der Waals surface area contributed by atoms with E-state index in [1.807, 2.05) is 26.8 Å². The molecule has 46 valence electrons. The second-order valence-electron chi connectivity index (χ2n) is 1.32. The minimum Gasteiger partial charge on any atom is -1.00 e. The molecule has 1 fully saturated rings. The smallest absolute Gasteiger partial charge is 1.00 e. The molecule has 0 unspecified atom stereocenters. The van der Waals surface area contributed by atoms with E-state index in [0.717, 1.165) is 13.2 Å². The maximum Gasteiger partial charge on any atom is -1.00 e. The molecule has 1 rings (SSSR count). The maximum absolute atomic E-state index is 4.94. The molecule has 8 heavy (non-hydrogen) atoms. The Hall–Kier alpha value is 1.02. The van der Waals surface area contributed by atoms with Crippen LogP contribution in [0.4, 0.5) is 0 Å². The first-order valence-electron chi connectivity index (χ1n) is 2.78. The largest absolute Gasteiger partial charge is 1.00 e. The average molecular weight is 147 g/mol. The fourth-order valence-corrected chi connectivity index (χ4v) is 0.510. The van der Waals surface area contributed by atoms with Gasteiger partial charge in [-0.15, -0.1) is 0 Å². The minimum atomic E-state index is 0. The normalized spacial score (nSPS) is 15.9. The summed E-state index contributed by atoms with van der Waals surface area (Å²) in [4.78, 5) is 0. The quantitative estimate of drug-likeness (QED) is 0.360. The van der Waals surface area contributed by atoms with Crippen LogP contribution in [0.2, 0.25) is 5.05 Å². The first-order chi connectivity index (χ1) is 3.50. The molecule has 0 aromatic carbocycles. The van der Waals surface area contributed by atoms with Crippen LogP contribution in [0.5, 0.6) is 0 Å². The fraction of sp³-hybridized carbons (Fsp3) is 1.00. The van der Waals surface area contributed by atoms with Crippen LogP contribution >= 0.6 is 0 Å². The van der Waals surface area contributed by atoms with Crippen LogP contribution in [0, 0.1) is 0 Å². The van der Waals surface area contributed by atoms with Gasteiger partial charge in [0.2, 0.25) is 0 Å². The van der Waals surface area contributed by atoms with E-state index in [9.17, 15) is 0 Å². The van der Waals surface area contributed by atoms with E-state index in [1.165, 1.54) is 12.8 Å². The predicted octanol–water partition coefficient (Wildman–Crippen LogP) is -2.00. The molecular weight excluding hydrogens is 136 g/mol. The number of halogens is 1. The van der Waals surface area contributed by atoms with E-state index in [2.05, 4.69) is 0 Å². The van der Waals surface area contributed by atoms with E-state index in [0.29, 0.717) is 0 Å². The van der Waals surface area contributed by atoms with Crippen LogP contribution in [-0.4, -0.2) is 34.9 Å². The molecule has 0 atom stereocenters. The van der Waals surface area contributed by atoms with Gasteiger partial charge in [-0.25, -0.2) is 0 Å². The number of hydrogen-bond acceptors (Lipinski definition) is 1. The molecule has 0 aliphatic carbocycles. The Balaban J connectivity index is 0. The summed E-state index contributed by atoms with van der Waals surface area (Å²) >= 11 is 1.86. The van der Waals surface area contributed by atoms with E-state index < -0.39 is 0 Å². The van der Waals surface area contributed by atoms with Crippen molar-refractivity contribution in [1.82, 2.24) is 0 Å². The zero-order chi connectivity index (χ0) is 5.54. The van der Waals surface area contributed by atoms with Crippen LogP contribution < -0.4 is 12.4 Å². The second kappa shape index (κ2) is 10.9. The van der Waals surface area contributed by atoms with Gasteiger partial charge in [0.25, 0.3) is 0 Å². The summed E-state index contributed by atoms with van der Waals surface area (Å²) in [6, 6.07) is 0.